The molecule has 0 aliphatic rings. The molecule has 10 aromatic rings. The molecule has 0 aliphatic heterocycles. The summed E-state index contributed by atoms with van der Waals surface area (Å²) in [5.74, 6) is 0. The first-order chi connectivity index (χ1) is 31.4. The second-order valence-corrected chi connectivity index (χ2v) is 11.5. The zero-order valence-corrected chi connectivity index (χ0v) is 25.4. The number of rotatable bonds is 4. The Bertz CT molecular complexity index is 3740. The van der Waals surface area contributed by atoms with Crippen LogP contribution >= 0.6 is 0 Å². The van der Waals surface area contributed by atoms with Crippen molar-refractivity contribution in [3.63, 3.8) is 0 Å². The van der Waals surface area contributed by atoms with Gasteiger partial charge < -0.3 is 4.42 Å². The van der Waals surface area contributed by atoms with Crippen LogP contribution in [0.25, 0.3) is 98.8 Å². The molecule has 1 heterocycles. The standard InChI is InChI=1S/C48H30O/c1-2-15-32(16-3-1)45-38-21-6-8-23-40(38)46(41-24-9-7-22-39(41)45)34-19-10-18-33(30-34)36-25-13-29-44-47(36)43-28-12-27-42(48(43)49-44)37-26-11-17-31-14-4-5-20-35(31)37/h1-30H/i1D,2D,3D,6D,7D,8D,9D,10D,15D,16D,18D,19D,21D,22D,23D,24D,30D. The van der Waals surface area contributed by atoms with E-state index in [0.29, 0.717) is 21.9 Å². The second kappa shape index (κ2) is 11.1. The Kier molecular flexibility index (Phi) is 3.54. The molecule has 228 valence electrons. The van der Waals surface area contributed by atoms with Crippen LogP contribution in [0.5, 0.6) is 0 Å². The Morgan fingerprint density at radius 3 is 1.71 bits per heavy atom. The molecule has 0 radical (unpaired) electrons. The summed E-state index contributed by atoms with van der Waals surface area (Å²) >= 11 is 0. The molecule has 0 fully saturated rings. The Morgan fingerprint density at radius 1 is 0.388 bits per heavy atom. The molecule has 1 aromatic heterocycles. The Morgan fingerprint density at radius 2 is 0.939 bits per heavy atom. The molecule has 49 heavy (non-hydrogen) atoms. The van der Waals surface area contributed by atoms with E-state index in [-0.39, 0.29) is 11.1 Å². The van der Waals surface area contributed by atoms with Crippen molar-refractivity contribution in [3.8, 4) is 44.5 Å². The molecule has 0 N–H and O–H groups in total. The van der Waals surface area contributed by atoms with Crippen LogP contribution in [0, 0.1) is 0 Å². The molecular weight excluding hydrogens is 593 g/mol. The third-order valence-corrected chi connectivity index (χ3v) is 8.87. The van der Waals surface area contributed by atoms with Gasteiger partial charge in [0.15, 0.2) is 0 Å². The van der Waals surface area contributed by atoms with Gasteiger partial charge in [0.25, 0.3) is 0 Å². The molecular formula is C48H30O. The molecule has 0 saturated carbocycles. The Balaban J connectivity index is 1.40. The average Bonchev–Trinajstić information content (AvgIpc) is 3.71. The van der Waals surface area contributed by atoms with E-state index in [1.54, 1.807) is 18.2 Å². The lowest BCUT2D eigenvalue weighted by Gasteiger charge is -2.18. The highest BCUT2D eigenvalue weighted by Gasteiger charge is 2.19. The number of para-hydroxylation sites is 1. The van der Waals surface area contributed by atoms with Gasteiger partial charge in [-0.1, -0.05) is 169 Å². The zero-order chi connectivity index (χ0) is 47.1. The molecule has 0 amide bonds. The van der Waals surface area contributed by atoms with Crippen molar-refractivity contribution < 1.29 is 27.7 Å². The van der Waals surface area contributed by atoms with E-state index in [4.69, 9.17) is 16.8 Å². The van der Waals surface area contributed by atoms with Crippen molar-refractivity contribution in [1.29, 1.82) is 0 Å². The Hall–Kier alpha value is -6.44. The largest absolute Gasteiger partial charge is 0.455 e. The molecule has 1 heteroatoms. The van der Waals surface area contributed by atoms with Crippen LogP contribution in [-0.4, -0.2) is 0 Å². The number of fused-ring (bicyclic) bond motifs is 6. The van der Waals surface area contributed by atoms with Crippen molar-refractivity contribution in [2.24, 2.45) is 0 Å². The van der Waals surface area contributed by atoms with Gasteiger partial charge in [0, 0.05) is 16.3 Å². The second-order valence-electron chi connectivity index (χ2n) is 11.5. The zero-order valence-electron chi connectivity index (χ0n) is 42.4. The maximum Gasteiger partial charge on any atom is 0.143 e. The van der Waals surface area contributed by atoms with Crippen LogP contribution in [0.1, 0.15) is 23.3 Å². The van der Waals surface area contributed by atoms with E-state index in [1.807, 2.05) is 60.7 Å². The maximum atomic E-state index is 9.99. The lowest BCUT2D eigenvalue weighted by atomic mass is 9.85. The first kappa shape index (κ1) is 15.6. The highest BCUT2D eigenvalue weighted by Crippen LogP contribution is 2.46. The molecule has 10 rings (SSSR count). The van der Waals surface area contributed by atoms with E-state index in [9.17, 15) is 11.0 Å². The summed E-state index contributed by atoms with van der Waals surface area (Å²) in [5, 5.41) is 0.982. The topological polar surface area (TPSA) is 13.1 Å². The SMILES string of the molecule is [2H]c1c([2H])c([2H])c(-c2c3c([2H])c([2H])c([2H])c([2H])c3c(-c3c([2H])c([2H])c([2H])c(-c4cccc5oc6c(-c7cccc8ccccc78)cccc6c45)c3[2H])c3c([2H])c([2H])c([2H])c([2H])c23)c([2H])c1[2H]. The number of furan rings is 1. The van der Waals surface area contributed by atoms with Crippen LogP contribution in [0.4, 0.5) is 0 Å². The third-order valence-electron chi connectivity index (χ3n) is 8.87. The van der Waals surface area contributed by atoms with E-state index in [1.165, 1.54) is 0 Å². The fourth-order valence-corrected chi connectivity index (χ4v) is 6.83. The van der Waals surface area contributed by atoms with Crippen LogP contribution in [-0.2, 0) is 0 Å². The van der Waals surface area contributed by atoms with Gasteiger partial charge in [-0.25, -0.2) is 0 Å². The van der Waals surface area contributed by atoms with Gasteiger partial charge in [-0.05, 0) is 83.4 Å². The van der Waals surface area contributed by atoms with Crippen molar-refractivity contribution >= 4 is 54.3 Å². The quantitative estimate of drug-likeness (QED) is 0.175. The fraction of sp³-hybridized carbons (Fsp3) is 0. The fourth-order valence-electron chi connectivity index (χ4n) is 6.83. The van der Waals surface area contributed by atoms with Crippen LogP contribution < -0.4 is 0 Å². The van der Waals surface area contributed by atoms with E-state index in [0.717, 1.165) is 21.9 Å². The normalized spacial score (nSPS) is 16.5. The van der Waals surface area contributed by atoms with Crippen molar-refractivity contribution in [2.45, 2.75) is 0 Å². The van der Waals surface area contributed by atoms with E-state index in [2.05, 4.69) is 0 Å². The van der Waals surface area contributed by atoms with Crippen molar-refractivity contribution in [2.75, 3.05) is 0 Å². The van der Waals surface area contributed by atoms with Gasteiger partial charge in [0.2, 0.25) is 0 Å². The highest BCUT2D eigenvalue weighted by atomic mass is 16.3. The summed E-state index contributed by atoms with van der Waals surface area (Å²) in [5.41, 5.74) is 0.434. The van der Waals surface area contributed by atoms with Gasteiger partial charge >= 0.3 is 0 Å². The van der Waals surface area contributed by atoms with Crippen LogP contribution in [0.2, 0.25) is 0 Å². The van der Waals surface area contributed by atoms with Gasteiger partial charge in [0.1, 0.15) is 11.2 Å². The maximum absolute atomic E-state index is 9.99. The van der Waals surface area contributed by atoms with Gasteiger partial charge in [-0.3, -0.25) is 0 Å². The minimum atomic E-state index is -0.825. The van der Waals surface area contributed by atoms with Crippen molar-refractivity contribution in [1.82, 2.24) is 0 Å². The summed E-state index contributed by atoms with van der Waals surface area (Å²) in [6.07, 6.45) is 0. The minimum absolute atomic E-state index is 0.187. The summed E-state index contributed by atoms with van der Waals surface area (Å²) in [6.45, 7) is 0. The predicted octanol–water partition coefficient (Wildman–Crippen LogP) is 13.7. The average molecular weight is 640 g/mol. The van der Waals surface area contributed by atoms with E-state index < -0.39 is 147 Å². The smallest absolute Gasteiger partial charge is 0.143 e. The Labute approximate surface area is 308 Å². The highest BCUT2D eigenvalue weighted by molar-refractivity contribution is 6.22. The van der Waals surface area contributed by atoms with Crippen molar-refractivity contribution in [3.05, 3.63) is 182 Å². The third kappa shape index (κ3) is 4.33. The van der Waals surface area contributed by atoms with Gasteiger partial charge in [0.05, 0.1) is 23.3 Å². The molecule has 0 unspecified atom stereocenters. The molecule has 0 aliphatic carbocycles. The predicted molar refractivity (Wildman–Crippen MR) is 208 cm³/mol. The number of hydrogen-bond donors (Lipinski definition) is 0. The van der Waals surface area contributed by atoms with E-state index >= 15 is 0 Å². The van der Waals surface area contributed by atoms with Crippen LogP contribution in [0.3, 0.4) is 0 Å². The lowest BCUT2D eigenvalue weighted by molar-refractivity contribution is 0.670. The van der Waals surface area contributed by atoms with Gasteiger partial charge in [-0.15, -0.1) is 0 Å². The summed E-state index contributed by atoms with van der Waals surface area (Å²) in [7, 11) is 0. The molecule has 9 aromatic carbocycles. The molecule has 0 bridgehead atoms. The van der Waals surface area contributed by atoms with Crippen LogP contribution in [0.15, 0.2) is 186 Å². The minimum Gasteiger partial charge on any atom is -0.455 e. The summed E-state index contributed by atoms with van der Waals surface area (Å²) < 4.78 is 160. The first-order valence-corrected chi connectivity index (χ1v) is 15.5. The summed E-state index contributed by atoms with van der Waals surface area (Å²) in [4.78, 5) is 0. The number of hydrogen-bond acceptors (Lipinski definition) is 1. The molecule has 0 spiro atoms. The molecule has 0 saturated heterocycles. The van der Waals surface area contributed by atoms with Gasteiger partial charge in [-0.2, -0.15) is 0 Å². The first-order valence-electron chi connectivity index (χ1n) is 24.0. The lowest BCUT2D eigenvalue weighted by Crippen LogP contribution is -1.91. The monoisotopic (exact) mass is 639 g/mol. The summed E-state index contributed by atoms with van der Waals surface area (Å²) in [6, 6.07) is 11.2. The number of benzene rings is 9. The molecule has 1 nitrogen and oxygen atoms in total. The molecule has 0 atom stereocenters.